The van der Waals surface area contributed by atoms with Gasteiger partial charge < -0.3 is 5.32 Å². The summed E-state index contributed by atoms with van der Waals surface area (Å²) in [4.78, 5) is 4.39. The third-order valence-corrected chi connectivity index (χ3v) is 4.60. The van der Waals surface area contributed by atoms with E-state index in [9.17, 15) is 4.39 Å². The number of aromatic nitrogens is 1. The lowest BCUT2D eigenvalue weighted by Gasteiger charge is -2.05. The van der Waals surface area contributed by atoms with Crippen LogP contribution in [0.15, 0.2) is 30.3 Å². The molecule has 0 bridgehead atoms. The minimum atomic E-state index is -0.633. The van der Waals surface area contributed by atoms with E-state index >= 15 is 0 Å². The van der Waals surface area contributed by atoms with Crippen molar-refractivity contribution < 1.29 is 4.39 Å². The van der Waals surface area contributed by atoms with E-state index < -0.39 is 5.82 Å². The zero-order valence-corrected chi connectivity index (χ0v) is 12.8. The zero-order chi connectivity index (χ0) is 14.3. The Labute approximate surface area is 133 Å². The van der Waals surface area contributed by atoms with Crippen molar-refractivity contribution in [3.8, 4) is 0 Å². The van der Waals surface area contributed by atoms with Crippen LogP contribution in [0.1, 0.15) is 0 Å². The fraction of sp³-hybridized carbons (Fsp3) is 0. The first-order valence-electron chi connectivity index (χ1n) is 5.51. The number of thiazole rings is 1. The summed E-state index contributed by atoms with van der Waals surface area (Å²) < 4.78 is 14.2. The predicted octanol–water partition coefficient (Wildman–Crippen LogP) is 6.14. The SMILES string of the molecule is Fc1c(Cl)cc(Nc2nc3cccc(Cl)c3s2)cc1Cl. The van der Waals surface area contributed by atoms with Crippen molar-refractivity contribution in [1.29, 1.82) is 0 Å². The van der Waals surface area contributed by atoms with Crippen LogP contribution in [0.3, 0.4) is 0 Å². The van der Waals surface area contributed by atoms with E-state index in [1.54, 1.807) is 6.07 Å². The highest BCUT2D eigenvalue weighted by Gasteiger charge is 2.10. The van der Waals surface area contributed by atoms with Crippen LogP contribution in [0.5, 0.6) is 0 Å². The van der Waals surface area contributed by atoms with Crippen LogP contribution in [0.4, 0.5) is 15.2 Å². The van der Waals surface area contributed by atoms with Crippen LogP contribution < -0.4 is 5.32 Å². The number of hydrogen-bond acceptors (Lipinski definition) is 3. The molecule has 0 aliphatic carbocycles. The first kappa shape index (κ1) is 13.9. The third-order valence-electron chi connectivity index (χ3n) is 2.60. The van der Waals surface area contributed by atoms with Gasteiger partial charge in [0.15, 0.2) is 10.9 Å². The second-order valence-corrected chi connectivity index (χ2v) is 6.21. The number of hydrogen-bond donors (Lipinski definition) is 1. The molecule has 0 fully saturated rings. The van der Waals surface area contributed by atoms with E-state index in [4.69, 9.17) is 34.8 Å². The molecule has 0 aliphatic heterocycles. The van der Waals surface area contributed by atoms with Gasteiger partial charge in [-0.05, 0) is 24.3 Å². The minimum Gasteiger partial charge on any atom is -0.331 e. The summed E-state index contributed by atoms with van der Waals surface area (Å²) in [6.07, 6.45) is 0. The Kier molecular flexibility index (Phi) is 3.73. The van der Waals surface area contributed by atoms with Crippen molar-refractivity contribution in [3.05, 3.63) is 51.2 Å². The average Bonchev–Trinajstić information content (AvgIpc) is 2.80. The summed E-state index contributed by atoms with van der Waals surface area (Å²) in [5.74, 6) is -0.633. The quantitative estimate of drug-likeness (QED) is 0.563. The summed E-state index contributed by atoms with van der Waals surface area (Å²) in [5, 5.41) is 4.23. The molecular weight excluding hydrogens is 342 g/mol. The smallest absolute Gasteiger partial charge is 0.188 e. The Hall–Kier alpha value is -1.07. The van der Waals surface area contributed by atoms with Gasteiger partial charge in [0.05, 0.1) is 25.3 Å². The van der Waals surface area contributed by atoms with Gasteiger partial charge in [0, 0.05) is 5.69 Å². The van der Waals surface area contributed by atoms with Crippen molar-refractivity contribution in [2.45, 2.75) is 0 Å². The fourth-order valence-electron chi connectivity index (χ4n) is 1.72. The summed E-state index contributed by atoms with van der Waals surface area (Å²) in [7, 11) is 0. The van der Waals surface area contributed by atoms with Crippen LogP contribution in [-0.2, 0) is 0 Å². The van der Waals surface area contributed by atoms with E-state index in [2.05, 4.69) is 10.3 Å². The summed E-state index contributed by atoms with van der Waals surface area (Å²) >= 11 is 19.0. The van der Waals surface area contributed by atoms with Gasteiger partial charge in [0.2, 0.25) is 0 Å². The minimum absolute atomic E-state index is 0.0425. The van der Waals surface area contributed by atoms with Gasteiger partial charge in [-0.3, -0.25) is 0 Å². The van der Waals surface area contributed by atoms with Gasteiger partial charge in [-0.15, -0.1) is 0 Å². The Morgan fingerprint density at radius 1 is 1.05 bits per heavy atom. The molecule has 3 aromatic rings. The molecule has 1 aromatic heterocycles. The van der Waals surface area contributed by atoms with Gasteiger partial charge in [-0.2, -0.15) is 0 Å². The van der Waals surface area contributed by atoms with E-state index in [1.165, 1.54) is 23.5 Å². The first-order valence-corrected chi connectivity index (χ1v) is 7.46. The Balaban J connectivity index is 1.99. The predicted molar refractivity (Wildman–Crippen MR) is 84.3 cm³/mol. The highest BCUT2D eigenvalue weighted by Crippen LogP contribution is 2.34. The van der Waals surface area contributed by atoms with Crippen LogP contribution >= 0.6 is 46.1 Å². The molecule has 0 amide bonds. The highest BCUT2D eigenvalue weighted by atomic mass is 35.5. The highest BCUT2D eigenvalue weighted by molar-refractivity contribution is 7.22. The summed E-state index contributed by atoms with van der Waals surface area (Å²) in [5.41, 5.74) is 1.36. The largest absolute Gasteiger partial charge is 0.331 e. The van der Waals surface area contributed by atoms with Crippen molar-refractivity contribution >= 4 is 67.2 Å². The molecule has 1 N–H and O–H groups in total. The molecule has 3 rings (SSSR count). The molecule has 102 valence electrons. The van der Waals surface area contributed by atoms with Crippen molar-refractivity contribution in [1.82, 2.24) is 4.98 Å². The number of anilines is 2. The van der Waals surface area contributed by atoms with E-state index in [0.717, 1.165) is 10.2 Å². The molecule has 0 spiro atoms. The maximum absolute atomic E-state index is 13.3. The van der Waals surface area contributed by atoms with Crippen LogP contribution in [-0.4, -0.2) is 4.98 Å². The van der Waals surface area contributed by atoms with Gasteiger partial charge in [0.25, 0.3) is 0 Å². The van der Waals surface area contributed by atoms with Crippen LogP contribution in [0.2, 0.25) is 15.1 Å². The molecule has 0 radical (unpaired) electrons. The standard InChI is InChI=1S/C13H6Cl3FN2S/c14-7-2-1-3-10-12(7)20-13(19-10)18-6-4-8(15)11(17)9(16)5-6/h1-5H,(H,18,19). The molecule has 0 atom stereocenters. The Morgan fingerprint density at radius 3 is 2.40 bits per heavy atom. The molecule has 0 aliphatic rings. The van der Waals surface area contributed by atoms with Gasteiger partial charge in [-0.1, -0.05) is 52.2 Å². The molecule has 0 saturated heterocycles. The van der Waals surface area contributed by atoms with Gasteiger partial charge in [0.1, 0.15) is 0 Å². The number of nitrogens with zero attached hydrogens (tertiary/aromatic N) is 1. The second kappa shape index (κ2) is 5.37. The first-order chi connectivity index (χ1) is 9.54. The molecule has 2 nitrogen and oxygen atoms in total. The van der Waals surface area contributed by atoms with Gasteiger partial charge >= 0.3 is 0 Å². The Morgan fingerprint density at radius 2 is 1.75 bits per heavy atom. The molecule has 0 unspecified atom stereocenters. The lowest BCUT2D eigenvalue weighted by molar-refractivity contribution is 0.629. The van der Waals surface area contributed by atoms with Crippen molar-refractivity contribution in [2.75, 3.05) is 5.32 Å². The van der Waals surface area contributed by atoms with Crippen LogP contribution in [0, 0.1) is 5.82 Å². The lowest BCUT2D eigenvalue weighted by Crippen LogP contribution is -1.91. The van der Waals surface area contributed by atoms with E-state index in [0.29, 0.717) is 15.8 Å². The molecule has 7 heteroatoms. The second-order valence-electron chi connectivity index (χ2n) is 3.99. The number of fused-ring (bicyclic) bond motifs is 1. The van der Waals surface area contributed by atoms with Gasteiger partial charge in [-0.25, -0.2) is 9.37 Å². The van der Waals surface area contributed by atoms with Crippen molar-refractivity contribution in [2.24, 2.45) is 0 Å². The third kappa shape index (κ3) is 2.56. The average molecular weight is 348 g/mol. The van der Waals surface area contributed by atoms with Crippen LogP contribution in [0.25, 0.3) is 10.2 Å². The summed E-state index contributed by atoms with van der Waals surface area (Å²) in [6.45, 7) is 0. The maximum Gasteiger partial charge on any atom is 0.188 e. The number of benzene rings is 2. The normalized spacial score (nSPS) is 11.0. The van der Waals surface area contributed by atoms with E-state index in [-0.39, 0.29) is 10.0 Å². The van der Waals surface area contributed by atoms with Crippen molar-refractivity contribution in [3.63, 3.8) is 0 Å². The molecule has 1 heterocycles. The monoisotopic (exact) mass is 346 g/mol. The number of nitrogens with one attached hydrogen (secondary N) is 1. The summed E-state index contributed by atoms with van der Waals surface area (Å²) in [6, 6.07) is 8.41. The lowest BCUT2D eigenvalue weighted by atomic mass is 10.3. The maximum atomic E-state index is 13.3. The number of halogens is 4. The van der Waals surface area contributed by atoms with E-state index in [1.807, 2.05) is 12.1 Å². The zero-order valence-electron chi connectivity index (χ0n) is 9.75. The molecular formula is C13H6Cl3FN2S. The number of rotatable bonds is 2. The fourth-order valence-corrected chi connectivity index (χ4v) is 3.38. The molecule has 20 heavy (non-hydrogen) atoms. The molecule has 0 saturated carbocycles. The topological polar surface area (TPSA) is 24.9 Å². The molecule has 2 aromatic carbocycles. The Bertz CT molecular complexity index is 780.